The van der Waals surface area contributed by atoms with Crippen LogP contribution in [-0.2, 0) is 11.0 Å². The van der Waals surface area contributed by atoms with Gasteiger partial charge in [-0.3, -0.25) is 4.79 Å². The minimum Gasteiger partial charge on any atom is -0.396 e. The van der Waals surface area contributed by atoms with E-state index >= 15 is 0 Å². The molecule has 0 aromatic heterocycles. The van der Waals surface area contributed by atoms with Crippen molar-refractivity contribution in [2.75, 3.05) is 11.5 Å². The number of hydrogen-bond acceptors (Lipinski definition) is 3. The second-order valence-corrected chi connectivity index (χ2v) is 4.65. The van der Waals surface area contributed by atoms with Crippen LogP contribution < -0.4 is 5.73 Å². The lowest BCUT2D eigenvalue weighted by molar-refractivity contribution is -0.137. The second-order valence-electron chi connectivity index (χ2n) is 3.50. The van der Waals surface area contributed by atoms with Crippen LogP contribution in [-0.4, -0.2) is 10.9 Å². The van der Waals surface area contributed by atoms with Gasteiger partial charge in [-0.15, -0.1) is 0 Å². The molecule has 0 bridgehead atoms. The van der Waals surface area contributed by atoms with Crippen molar-refractivity contribution in [3.05, 3.63) is 29.1 Å². The number of rotatable bonds is 1. The van der Waals surface area contributed by atoms with Crippen LogP contribution in [0.1, 0.15) is 18.1 Å². The Morgan fingerprint density at radius 1 is 1.42 bits per heavy atom. The Morgan fingerprint density at radius 2 is 2.05 bits per heavy atom. The van der Waals surface area contributed by atoms with Crippen LogP contribution in [0.5, 0.6) is 0 Å². The molecule has 0 fully saturated rings. The molecule has 0 saturated heterocycles. The molecule has 0 spiro atoms. The topological polar surface area (TPSA) is 43.1 Å². The van der Waals surface area contributed by atoms with Crippen molar-refractivity contribution in [2.24, 2.45) is 0 Å². The van der Waals surface area contributed by atoms with Crippen molar-refractivity contribution >= 4 is 22.6 Å². The van der Waals surface area contributed by atoms with Gasteiger partial charge in [0, 0.05) is 12.5 Å². The molecule has 19 heavy (non-hydrogen) atoms. The van der Waals surface area contributed by atoms with Crippen LogP contribution in [0.4, 0.5) is 23.2 Å². The molecule has 0 amide bonds. The number of halogens is 4. The van der Waals surface area contributed by atoms with Gasteiger partial charge in [0.25, 0.3) is 0 Å². The zero-order valence-corrected chi connectivity index (χ0v) is 10.6. The highest BCUT2D eigenvalue weighted by Gasteiger charge is 2.34. The number of alkyl halides is 3. The van der Waals surface area contributed by atoms with Gasteiger partial charge in [-0.2, -0.15) is 13.2 Å². The van der Waals surface area contributed by atoms with Crippen LogP contribution in [0.2, 0.25) is 0 Å². The van der Waals surface area contributed by atoms with Crippen LogP contribution in [0.3, 0.4) is 0 Å². The molecule has 1 rings (SSSR count). The Bertz CT molecular complexity index is 557. The molecule has 2 nitrogen and oxygen atoms in total. The van der Waals surface area contributed by atoms with Gasteiger partial charge < -0.3 is 5.73 Å². The second kappa shape index (κ2) is 5.97. The van der Waals surface area contributed by atoms with Crippen molar-refractivity contribution in [3.63, 3.8) is 0 Å². The van der Waals surface area contributed by atoms with E-state index in [9.17, 15) is 22.4 Å². The van der Waals surface area contributed by atoms with E-state index in [0.717, 1.165) is 11.8 Å². The Balaban J connectivity index is 3.11. The first kappa shape index (κ1) is 15.4. The number of benzene rings is 1. The Morgan fingerprint density at radius 3 is 2.58 bits per heavy atom. The maximum absolute atomic E-state index is 13.2. The molecule has 2 N–H and O–H groups in total. The molecule has 7 heteroatoms. The van der Waals surface area contributed by atoms with Crippen LogP contribution in [0.15, 0.2) is 12.1 Å². The molecular formula is C12H9F4NOS. The standard InChI is InChI=1S/C12H9F4NOS/c1-7(18)19-4-2-3-8-5-10(13)11(17)6-9(8)12(14,15)16/h5-6H,4,17H2,1H3. The van der Waals surface area contributed by atoms with Crippen molar-refractivity contribution < 1.29 is 22.4 Å². The van der Waals surface area contributed by atoms with Gasteiger partial charge in [0.15, 0.2) is 5.12 Å². The predicted octanol–water partition coefficient (Wildman–Crippen LogP) is 3.06. The van der Waals surface area contributed by atoms with E-state index in [-0.39, 0.29) is 10.9 Å². The first-order chi connectivity index (χ1) is 8.71. The molecule has 0 atom stereocenters. The highest BCUT2D eigenvalue weighted by atomic mass is 32.2. The third kappa shape index (κ3) is 4.48. The third-order valence-electron chi connectivity index (χ3n) is 2.01. The summed E-state index contributed by atoms with van der Waals surface area (Å²) in [5.74, 6) is 3.66. The van der Waals surface area contributed by atoms with E-state index in [1.54, 1.807) is 0 Å². The minimum atomic E-state index is -4.67. The fraction of sp³-hybridized carbons (Fsp3) is 0.250. The lowest BCUT2D eigenvalue weighted by atomic mass is 10.1. The Labute approximate surface area is 111 Å². The van der Waals surface area contributed by atoms with E-state index in [1.807, 2.05) is 0 Å². The average molecular weight is 291 g/mol. The smallest absolute Gasteiger partial charge is 0.396 e. The SMILES string of the molecule is CC(=O)SCC#Cc1cc(F)c(N)cc1C(F)(F)F. The number of hydrogen-bond donors (Lipinski definition) is 1. The van der Waals surface area contributed by atoms with E-state index in [4.69, 9.17) is 5.73 Å². The van der Waals surface area contributed by atoms with Gasteiger partial charge in [-0.05, 0) is 12.1 Å². The summed E-state index contributed by atoms with van der Waals surface area (Å²) >= 11 is 0.859. The first-order valence-electron chi connectivity index (χ1n) is 5.00. The van der Waals surface area contributed by atoms with Crippen molar-refractivity contribution in [2.45, 2.75) is 13.1 Å². The number of nitrogens with two attached hydrogens (primary N) is 1. The lowest BCUT2D eigenvalue weighted by Gasteiger charge is -2.10. The number of carbonyl (C=O) groups is 1. The fourth-order valence-electron chi connectivity index (χ4n) is 1.20. The summed E-state index contributed by atoms with van der Waals surface area (Å²) < 4.78 is 51.2. The summed E-state index contributed by atoms with van der Waals surface area (Å²) in [5.41, 5.74) is 2.93. The summed E-state index contributed by atoms with van der Waals surface area (Å²) in [6.07, 6.45) is -4.67. The average Bonchev–Trinajstić information content (AvgIpc) is 2.27. The van der Waals surface area contributed by atoms with Gasteiger partial charge in [-0.1, -0.05) is 23.6 Å². The molecule has 0 unspecified atom stereocenters. The van der Waals surface area contributed by atoms with E-state index in [1.165, 1.54) is 6.92 Å². The zero-order valence-electron chi connectivity index (χ0n) is 9.77. The van der Waals surface area contributed by atoms with E-state index in [0.29, 0.717) is 12.1 Å². The highest BCUT2D eigenvalue weighted by Crippen LogP contribution is 2.33. The summed E-state index contributed by atoms with van der Waals surface area (Å²) in [6, 6.07) is 1.15. The van der Waals surface area contributed by atoms with E-state index in [2.05, 4.69) is 11.8 Å². The van der Waals surface area contributed by atoms with Gasteiger partial charge in [0.2, 0.25) is 0 Å². The first-order valence-corrected chi connectivity index (χ1v) is 5.99. The largest absolute Gasteiger partial charge is 0.417 e. The molecule has 1 aromatic rings. The minimum absolute atomic E-state index is 0.0403. The van der Waals surface area contributed by atoms with Crippen molar-refractivity contribution in [1.82, 2.24) is 0 Å². The molecule has 0 aliphatic rings. The van der Waals surface area contributed by atoms with Crippen molar-refractivity contribution in [3.8, 4) is 11.8 Å². The quantitative estimate of drug-likeness (QED) is 0.491. The van der Waals surface area contributed by atoms with Crippen LogP contribution in [0.25, 0.3) is 0 Å². The number of thioether (sulfide) groups is 1. The summed E-state index contributed by atoms with van der Waals surface area (Å²) in [6.45, 7) is 1.32. The van der Waals surface area contributed by atoms with Crippen LogP contribution >= 0.6 is 11.8 Å². The number of anilines is 1. The fourth-order valence-corrected chi connectivity index (χ4v) is 1.54. The van der Waals surface area contributed by atoms with Gasteiger partial charge in [-0.25, -0.2) is 4.39 Å². The molecule has 0 heterocycles. The molecule has 0 radical (unpaired) electrons. The molecule has 0 saturated carbocycles. The monoisotopic (exact) mass is 291 g/mol. The Kier molecular flexibility index (Phi) is 4.84. The van der Waals surface area contributed by atoms with Crippen LogP contribution in [0, 0.1) is 17.7 Å². The van der Waals surface area contributed by atoms with Gasteiger partial charge in [0.1, 0.15) is 5.82 Å². The predicted molar refractivity (Wildman–Crippen MR) is 65.8 cm³/mol. The maximum Gasteiger partial charge on any atom is 0.417 e. The van der Waals surface area contributed by atoms with Gasteiger partial charge in [0.05, 0.1) is 17.0 Å². The van der Waals surface area contributed by atoms with Crippen molar-refractivity contribution in [1.29, 1.82) is 0 Å². The highest BCUT2D eigenvalue weighted by molar-refractivity contribution is 8.13. The summed E-state index contributed by atoms with van der Waals surface area (Å²) in [5, 5.41) is -0.200. The molecule has 0 aliphatic heterocycles. The maximum atomic E-state index is 13.2. The Hall–Kier alpha value is -1.68. The molecule has 102 valence electrons. The molecule has 0 aliphatic carbocycles. The number of carbonyl (C=O) groups excluding carboxylic acids is 1. The molecule has 1 aromatic carbocycles. The summed E-state index contributed by atoms with van der Waals surface area (Å²) in [7, 11) is 0. The zero-order chi connectivity index (χ0) is 14.6. The number of nitrogen functional groups attached to an aromatic ring is 1. The third-order valence-corrected chi connectivity index (χ3v) is 2.71. The summed E-state index contributed by atoms with van der Waals surface area (Å²) in [4.78, 5) is 10.6. The molecular weight excluding hydrogens is 282 g/mol. The lowest BCUT2D eigenvalue weighted by Crippen LogP contribution is -2.09. The normalized spacial score (nSPS) is 10.8. The van der Waals surface area contributed by atoms with E-state index < -0.39 is 28.8 Å². The van der Waals surface area contributed by atoms with Gasteiger partial charge >= 0.3 is 6.18 Å².